The molecule has 2 fully saturated rings. The number of nitrogens with two attached hydrogens (primary N) is 1. The van der Waals surface area contributed by atoms with E-state index in [-0.39, 0.29) is 18.4 Å². The number of nitrogens with one attached hydrogen (secondary N) is 1. The lowest BCUT2D eigenvalue weighted by Gasteiger charge is -2.22. The van der Waals surface area contributed by atoms with Crippen LogP contribution in [0.25, 0.3) is 10.2 Å². The summed E-state index contributed by atoms with van der Waals surface area (Å²) in [6.45, 7) is 0.843. The summed E-state index contributed by atoms with van der Waals surface area (Å²) in [5.74, 6) is 1.43. The van der Waals surface area contributed by atoms with E-state index in [2.05, 4.69) is 20.7 Å². The van der Waals surface area contributed by atoms with Crippen molar-refractivity contribution in [2.24, 2.45) is 17.0 Å². The lowest BCUT2D eigenvalue weighted by molar-refractivity contribution is 0.101. The first-order chi connectivity index (χ1) is 13.9. The van der Waals surface area contributed by atoms with Gasteiger partial charge in [-0.3, -0.25) is 4.18 Å². The van der Waals surface area contributed by atoms with Crippen LogP contribution in [0.1, 0.15) is 56.4 Å². The Hall–Kier alpha value is -1.33. The molecule has 2 aromatic rings. The first-order valence-electron chi connectivity index (χ1n) is 10.2. The molecule has 0 aromatic carbocycles. The SMILES string of the molecule is NS(=O)(=O)OC[C@@H]1C[C@@H](c2csc3c(NCC4CCCCC4)ncnc23)C[C@@H]1O. The molecule has 0 amide bonds. The maximum Gasteiger partial charge on any atom is 0.333 e. The molecular weight excluding hydrogens is 412 g/mol. The van der Waals surface area contributed by atoms with Crippen molar-refractivity contribution in [3.63, 3.8) is 0 Å². The van der Waals surface area contributed by atoms with Crippen LogP contribution in [0.3, 0.4) is 0 Å². The molecule has 4 rings (SSSR count). The normalized spacial score (nSPS) is 26.2. The highest BCUT2D eigenvalue weighted by molar-refractivity contribution is 7.84. The molecule has 2 aromatic heterocycles. The van der Waals surface area contributed by atoms with Crippen LogP contribution < -0.4 is 10.5 Å². The van der Waals surface area contributed by atoms with E-state index in [1.54, 1.807) is 17.7 Å². The minimum absolute atomic E-state index is 0.0955. The molecule has 2 aliphatic carbocycles. The van der Waals surface area contributed by atoms with Crippen molar-refractivity contribution in [3.8, 4) is 0 Å². The van der Waals surface area contributed by atoms with Crippen LogP contribution in [0, 0.1) is 11.8 Å². The molecule has 4 N–H and O–H groups in total. The molecule has 10 heteroatoms. The maximum absolute atomic E-state index is 11.0. The summed E-state index contributed by atoms with van der Waals surface area (Å²) in [5.41, 5.74) is 2.01. The van der Waals surface area contributed by atoms with Crippen molar-refractivity contribution in [1.82, 2.24) is 9.97 Å². The molecule has 0 radical (unpaired) electrons. The highest BCUT2D eigenvalue weighted by Gasteiger charge is 2.36. The second-order valence-electron chi connectivity index (χ2n) is 8.25. The fraction of sp³-hybridized carbons (Fsp3) is 0.684. The molecule has 2 aliphatic rings. The van der Waals surface area contributed by atoms with E-state index in [4.69, 9.17) is 9.32 Å². The molecule has 160 valence electrons. The summed E-state index contributed by atoms with van der Waals surface area (Å²) < 4.78 is 27.8. The third kappa shape index (κ3) is 5.05. The van der Waals surface area contributed by atoms with Crippen LogP contribution in [-0.4, -0.2) is 42.7 Å². The number of rotatable bonds is 7. The largest absolute Gasteiger partial charge is 0.393 e. The zero-order valence-electron chi connectivity index (χ0n) is 16.3. The quantitative estimate of drug-likeness (QED) is 0.604. The fourth-order valence-electron chi connectivity index (χ4n) is 4.64. The van der Waals surface area contributed by atoms with Crippen molar-refractivity contribution in [2.75, 3.05) is 18.5 Å². The number of aromatic nitrogens is 2. The van der Waals surface area contributed by atoms with E-state index < -0.39 is 16.4 Å². The van der Waals surface area contributed by atoms with E-state index in [0.29, 0.717) is 18.8 Å². The van der Waals surface area contributed by atoms with Crippen LogP contribution in [0.4, 0.5) is 5.82 Å². The van der Waals surface area contributed by atoms with Gasteiger partial charge in [-0.1, -0.05) is 19.3 Å². The highest BCUT2D eigenvalue weighted by Crippen LogP contribution is 2.43. The van der Waals surface area contributed by atoms with E-state index in [0.717, 1.165) is 28.1 Å². The monoisotopic (exact) mass is 440 g/mol. The third-order valence-electron chi connectivity index (χ3n) is 6.21. The predicted octanol–water partition coefficient (Wildman–Crippen LogP) is 2.76. The van der Waals surface area contributed by atoms with Gasteiger partial charge in [0.15, 0.2) is 0 Å². The minimum atomic E-state index is -4.00. The molecule has 3 atom stereocenters. The zero-order chi connectivity index (χ0) is 20.4. The van der Waals surface area contributed by atoms with Crippen molar-refractivity contribution in [2.45, 2.75) is 57.0 Å². The van der Waals surface area contributed by atoms with Gasteiger partial charge in [-0.05, 0) is 48.5 Å². The smallest absolute Gasteiger partial charge is 0.333 e. The third-order valence-corrected chi connectivity index (χ3v) is 7.67. The average Bonchev–Trinajstić information content (AvgIpc) is 3.28. The van der Waals surface area contributed by atoms with Crippen molar-refractivity contribution >= 4 is 37.7 Å². The number of fused-ring (bicyclic) bond motifs is 1. The van der Waals surface area contributed by atoms with Gasteiger partial charge in [0.25, 0.3) is 0 Å². The van der Waals surface area contributed by atoms with Gasteiger partial charge in [-0.2, -0.15) is 8.42 Å². The Bertz CT molecular complexity index is 943. The van der Waals surface area contributed by atoms with Gasteiger partial charge in [-0.15, -0.1) is 11.3 Å². The van der Waals surface area contributed by atoms with Gasteiger partial charge in [0, 0.05) is 12.5 Å². The fourth-order valence-corrected chi connectivity index (χ4v) is 6.07. The summed E-state index contributed by atoms with van der Waals surface area (Å²) in [6.07, 6.45) is 8.69. The number of aliphatic hydroxyl groups excluding tert-OH is 1. The van der Waals surface area contributed by atoms with Crippen LogP contribution in [0.5, 0.6) is 0 Å². The van der Waals surface area contributed by atoms with Crippen molar-refractivity contribution < 1.29 is 17.7 Å². The minimum Gasteiger partial charge on any atom is -0.393 e. The van der Waals surface area contributed by atoms with Crippen molar-refractivity contribution in [1.29, 1.82) is 0 Å². The Morgan fingerprint density at radius 3 is 2.79 bits per heavy atom. The predicted molar refractivity (Wildman–Crippen MR) is 113 cm³/mol. The molecule has 0 bridgehead atoms. The average molecular weight is 441 g/mol. The summed E-state index contributed by atoms with van der Waals surface area (Å²) in [6, 6.07) is 0. The molecule has 2 heterocycles. The molecule has 8 nitrogen and oxygen atoms in total. The zero-order valence-corrected chi connectivity index (χ0v) is 17.9. The molecule has 0 spiro atoms. The molecule has 29 heavy (non-hydrogen) atoms. The Labute approximate surface area is 175 Å². The highest BCUT2D eigenvalue weighted by atomic mass is 32.2. The van der Waals surface area contributed by atoms with Crippen LogP contribution in [-0.2, 0) is 14.5 Å². The van der Waals surface area contributed by atoms with E-state index in [1.165, 1.54) is 32.1 Å². The first kappa shape index (κ1) is 20.9. The number of nitrogens with zero attached hydrogens (tertiary/aromatic N) is 2. The Morgan fingerprint density at radius 1 is 1.24 bits per heavy atom. The second kappa shape index (κ2) is 8.81. The summed E-state index contributed by atoms with van der Waals surface area (Å²) >= 11 is 1.62. The maximum atomic E-state index is 11.0. The number of anilines is 1. The molecule has 2 saturated carbocycles. The summed E-state index contributed by atoms with van der Waals surface area (Å²) in [5, 5.41) is 20.9. The van der Waals surface area contributed by atoms with Gasteiger partial charge >= 0.3 is 10.3 Å². The first-order valence-corrected chi connectivity index (χ1v) is 12.6. The number of hydrogen-bond acceptors (Lipinski definition) is 8. The molecular formula is C19H28N4O4S2. The topological polar surface area (TPSA) is 127 Å². The Morgan fingerprint density at radius 2 is 2.03 bits per heavy atom. The Kier molecular flexibility index (Phi) is 6.35. The summed E-state index contributed by atoms with van der Waals surface area (Å²) in [4.78, 5) is 8.96. The van der Waals surface area contributed by atoms with E-state index in [1.807, 2.05) is 0 Å². The number of hydrogen-bond donors (Lipinski definition) is 3. The van der Waals surface area contributed by atoms with Gasteiger partial charge in [-0.25, -0.2) is 15.1 Å². The number of thiophene rings is 1. The standard InChI is InChI=1S/C19H28N4O4S2/c20-29(25,26)27-9-14-6-13(7-16(14)24)15-10-28-18-17(15)22-11-23-19(18)21-8-12-4-2-1-3-5-12/h10-14,16,24H,1-9H2,(H2,20,25,26)(H,21,22,23)/t13-,14+,16+/m1/s1. The van der Waals surface area contributed by atoms with Crippen LogP contribution >= 0.6 is 11.3 Å². The Balaban J connectivity index is 1.46. The molecule has 0 saturated heterocycles. The second-order valence-corrected chi connectivity index (χ2v) is 10.4. The summed E-state index contributed by atoms with van der Waals surface area (Å²) in [7, 11) is -4.00. The molecule has 0 aliphatic heterocycles. The molecule has 0 unspecified atom stereocenters. The van der Waals surface area contributed by atoms with E-state index in [9.17, 15) is 13.5 Å². The van der Waals surface area contributed by atoms with Gasteiger partial charge in [0.2, 0.25) is 0 Å². The lowest BCUT2D eigenvalue weighted by Crippen LogP contribution is -2.24. The van der Waals surface area contributed by atoms with Crippen LogP contribution in [0.15, 0.2) is 11.7 Å². The number of aliphatic hydroxyl groups is 1. The lowest BCUT2D eigenvalue weighted by atomic mass is 9.89. The van der Waals surface area contributed by atoms with Crippen LogP contribution in [0.2, 0.25) is 0 Å². The van der Waals surface area contributed by atoms with Gasteiger partial charge in [0.05, 0.1) is 22.9 Å². The van der Waals surface area contributed by atoms with E-state index >= 15 is 0 Å². The van der Waals surface area contributed by atoms with Gasteiger partial charge in [0.1, 0.15) is 12.1 Å². The van der Waals surface area contributed by atoms with Crippen molar-refractivity contribution in [3.05, 3.63) is 17.3 Å². The van der Waals surface area contributed by atoms with Gasteiger partial charge < -0.3 is 10.4 Å².